The molecule has 1 aliphatic heterocycles. The first-order valence-corrected chi connectivity index (χ1v) is 17.0. The van der Waals surface area contributed by atoms with Crippen molar-refractivity contribution in [2.75, 3.05) is 19.0 Å². The zero-order valence-corrected chi connectivity index (χ0v) is 27.9. The highest BCUT2D eigenvalue weighted by molar-refractivity contribution is 7.13. The van der Waals surface area contributed by atoms with E-state index in [0.29, 0.717) is 41.3 Å². The first-order valence-electron chi connectivity index (χ1n) is 16.2. The lowest BCUT2D eigenvalue weighted by Crippen LogP contribution is -2.35. The van der Waals surface area contributed by atoms with E-state index in [1.807, 2.05) is 37.4 Å². The summed E-state index contributed by atoms with van der Waals surface area (Å²) in [5.41, 5.74) is 12.5. The van der Waals surface area contributed by atoms with Gasteiger partial charge in [0.2, 0.25) is 0 Å². The van der Waals surface area contributed by atoms with Gasteiger partial charge in [0.15, 0.2) is 5.69 Å². The van der Waals surface area contributed by atoms with E-state index in [-0.39, 0.29) is 29.2 Å². The van der Waals surface area contributed by atoms with Crippen LogP contribution in [-0.2, 0) is 17.7 Å². The van der Waals surface area contributed by atoms with Crippen molar-refractivity contribution in [3.8, 4) is 27.3 Å². The van der Waals surface area contributed by atoms with Crippen LogP contribution in [0.15, 0.2) is 47.8 Å². The van der Waals surface area contributed by atoms with E-state index >= 15 is 0 Å². The average molecular weight is 653 g/mol. The molecule has 4 N–H and O–H groups in total. The molecule has 0 unspecified atom stereocenters. The van der Waals surface area contributed by atoms with Crippen LogP contribution in [0.5, 0.6) is 5.75 Å². The van der Waals surface area contributed by atoms with Crippen LogP contribution in [0.25, 0.3) is 21.6 Å². The van der Waals surface area contributed by atoms with Gasteiger partial charge in [0.05, 0.1) is 13.7 Å². The number of nitrogens with zero attached hydrogens (tertiary/aromatic N) is 1. The lowest BCUT2D eigenvalue weighted by atomic mass is 9.93. The minimum absolute atomic E-state index is 0.0555. The number of rotatable bonds is 7. The fraction of sp³-hybridized carbons (Fsp3) is 0.351. The third kappa shape index (κ3) is 6.80. The Morgan fingerprint density at radius 1 is 0.957 bits per heavy atom. The maximum Gasteiger partial charge on any atom is 0.357 e. The fourth-order valence-electron chi connectivity index (χ4n) is 6.61. The van der Waals surface area contributed by atoms with Crippen LogP contribution in [-0.4, -0.2) is 42.5 Å². The Balaban J connectivity index is 1.46. The van der Waals surface area contributed by atoms with Crippen LogP contribution in [0.2, 0.25) is 0 Å². The minimum Gasteiger partial charge on any atom is -0.493 e. The van der Waals surface area contributed by atoms with Crippen molar-refractivity contribution in [1.82, 2.24) is 10.3 Å². The van der Waals surface area contributed by atoms with Gasteiger partial charge in [-0.3, -0.25) is 9.59 Å². The number of thiophene rings is 1. The van der Waals surface area contributed by atoms with Crippen LogP contribution in [0.1, 0.15) is 92.1 Å². The number of anilines is 1. The zero-order valence-electron chi connectivity index (χ0n) is 27.0. The third-order valence-electron chi connectivity index (χ3n) is 9.04. The molecule has 2 aromatic carbocycles. The first-order chi connectivity index (χ1) is 22.8. The van der Waals surface area contributed by atoms with Gasteiger partial charge in [-0.15, -0.1) is 11.3 Å². The van der Waals surface area contributed by atoms with E-state index in [1.165, 1.54) is 7.11 Å². The standard InChI is InChI=1S/C37H40N4O5S/c1-21-16-23(20-38)17-22(2)32(21)41-35(42)28-18-29-31(46-14-12-24-13-15-47-34(24)29)19-27(28)26-10-11-30(40-33(26)37(44)45-3)36(43)39-25-8-6-4-5-7-9-25/h10-11,13,15-19,25H,4-9,12,14,20,38H2,1-3H3,(H,39,43)(H,41,42). The number of methoxy groups -OCH3 is 1. The number of nitrogens with two attached hydrogens (primary N) is 1. The number of pyridine rings is 1. The number of carbonyl (C=O) groups is 3. The molecule has 2 aliphatic rings. The van der Waals surface area contributed by atoms with Gasteiger partial charge in [-0.2, -0.15) is 0 Å². The second kappa shape index (κ2) is 14.1. The summed E-state index contributed by atoms with van der Waals surface area (Å²) in [6, 6.07) is 13.0. The van der Waals surface area contributed by atoms with Gasteiger partial charge in [-0.1, -0.05) is 37.8 Å². The largest absolute Gasteiger partial charge is 0.493 e. The molecule has 0 spiro atoms. The molecule has 6 rings (SSSR count). The van der Waals surface area contributed by atoms with Crippen LogP contribution in [0.3, 0.4) is 0 Å². The Hall–Kier alpha value is -4.54. The van der Waals surface area contributed by atoms with Crippen LogP contribution < -0.4 is 21.1 Å². The van der Waals surface area contributed by atoms with E-state index in [0.717, 1.165) is 77.6 Å². The molecule has 1 aliphatic carbocycles. The van der Waals surface area contributed by atoms with Crippen molar-refractivity contribution >= 4 is 34.8 Å². The second-order valence-corrected chi connectivity index (χ2v) is 13.2. The molecule has 9 nitrogen and oxygen atoms in total. The molecule has 4 aromatic rings. The molecule has 244 valence electrons. The molecule has 0 atom stereocenters. The molecule has 1 saturated carbocycles. The fourth-order valence-corrected chi connectivity index (χ4v) is 7.59. The van der Waals surface area contributed by atoms with Crippen LogP contribution in [0, 0.1) is 13.8 Å². The summed E-state index contributed by atoms with van der Waals surface area (Å²) in [5.74, 6) is -0.809. The number of amides is 2. The first kappa shape index (κ1) is 32.4. The van der Waals surface area contributed by atoms with E-state index in [2.05, 4.69) is 21.7 Å². The maximum atomic E-state index is 14.3. The van der Waals surface area contributed by atoms with Gasteiger partial charge in [0, 0.05) is 51.8 Å². The minimum atomic E-state index is -0.712. The molecule has 47 heavy (non-hydrogen) atoms. The number of ether oxygens (including phenoxy) is 2. The smallest absolute Gasteiger partial charge is 0.357 e. The SMILES string of the molecule is COC(=O)c1nc(C(=O)NC2CCCCCC2)ccc1-c1cc2c(cc1C(=O)Nc1c(C)cc(CN)cc1C)-c1sccc1CCO2. The van der Waals surface area contributed by atoms with Crippen molar-refractivity contribution in [3.63, 3.8) is 0 Å². The highest BCUT2D eigenvalue weighted by Gasteiger charge is 2.28. The Bertz CT molecular complexity index is 1820. The van der Waals surface area contributed by atoms with Crippen molar-refractivity contribution in [2.45, 2.75) is 71.4 Å². The molecule has 2 aromatic heterocycles. The molecule has 2 amide bonds. The Kier molecular flexibility index (Phi) is 9.70. The molecule has 0 radical (unpaired) electrons. The van der Waals surface area contributed by atoms with Crippen molar-refractivity contribution in [2.24, 2.45) is 5.73 Å². The van der Waals surface area contributed by atoms with Gasteiger partial charge in [-0.05, 0) is 84.7 Å². The van der Waals surface area contributed by atoms with Crippen LogP contribution >= 0.6 is 11.3 Å². The molecular weight excluding hydrogens is 612 g/mol. The molecule has 0 bridgehead atoms. The Morgan fingerprint density at radius 2 is 1.70 bits per heavy atom. The summed E-state index contributed by atoms with van der Waals surface area (Å²) in [5, 5.41) is 8.26. The highest BCUT2D eigenvalue weighted by atomic mass is 32.1. The zero-order chi connectivity index (χ0) is 33.1. The summed E-state index contributed by atoms with van der Waals surface area (Å²) < 4.78 is 11.4. The van der Waals surface area contributed by atoms with Gasteiger partial charge < -0.3 is 25.8 Å². The van der Waals surface area contributed by atoms with E-state index in [4.69, 9.17) is 15.2 Å². The topological polar surface area (TPSA) is 133 Å². The third-order valence-corrected chi connectivity index (χ3v) is 10.0. The quantitative estimate of drug-likeness (QED) is 0.145. The predicted octanol–water partition coefficient (Wildman–Crippen LogP) is 6.98. The summed E-state index contributed by atoms with van der Waals surface area (Å²) >= 11 is 1.59. The normalized spacial score (nSPS) is 14.6. The number of carbonyl (C=O) groups excluding carboxylic acids is 3. The van der Waals surface area contributed by atoms with Gasteiger partial charge in [0.25, 0.3) is 11.8 Å². The molecule has 10 heteroatoms. The predicted molar refractivity (Wildman–Crippen MR) is 184 cm³/mol. The Labute approximate surface area is 278 Å². The van der Waals surface area contributed by atoms with Gasteiger partial charge >= 0.3 is 5.97 Å². The summed E-state index contributed by atoms with van der Waals surface area (Å²) in [7, 11) is 1.27. The summed E-state index contributed by atoms with van der Waals surface area (Å²) in [6.45, 7) is 4.73. The maximum absolute atomic E-state index is 14.3. The van der Waals surface area contributed by atoms with Crippen molar-refractivity contribution in [1.29, 1.82) is 0 Å². The summed E-state index contributed by atoms with van der Waals surface area (Å²) in [4.78, 5) is 46.4. The number of aryl methyl sites for hydroxylation is 2. The number of aromatic nitrogens is 1. The molecular formula is C37H40N4O5S. The molecule has 1 fully saturated rings. The van der Waals surface area contributed by atoms with Crippen molar-refractivity contribution in [3.05, 3.63) is 87.0 Å². The molecule has 3 heterocycles. The van der Waals surface area contributed by atoms with E-state index < -0.39 is 5.97 Å². The number of hydrogen-bond donors (Lipinski definition) is 3. The number of nitrogens with one attached hydrogen (secondary N) is 2. The van der Waals surface area contributed by atoms with Crippen molar-refractivity contribution < 1.29 is 23.9 Å². The lowest BCUT2D eigenvalue weighted by Gasteiger charge is -2.19. The summed E-state index contributed by atoms with van der Waals surface area (Å²) in [6.07, 6.45) is 7.03. The number of benzene rings is 2. The van der Waals surface area contributed by atoms with Crippen LogP contribution in [0.4, 0.5) is 5.69 Å². The number of esters is 1. The van der Waals surface area contributed by atoms with Gasteiger partial charge in [-0.25, -0.2) is 9.78 Å². The van der Waals surface area contributed by atoms with Gasteiger partial charge in [0.1, 0.15) is 11.4 Å². The number of hydrogen-bond acceptors (Lipinski definition) is 8. The highest BCUT2D eigenvalue weighted by Crippen LogP contribution is 2.43. The average Bonchev–Trinajstić information content (AvgIpc) is 3.28. The lowest BCUT2D eigenvalue weighted by molar-refractivity contribution is 0.0594. The van der Waals surface area contributed by atoms with E-state index in [1.54, 1.807) is 29.5 Å². The molecule has 0 saturated heterocycles. The Morgan fingerprint density at radius 3 is 2.40 bits per heavy atom. The monoisotopic (exact) mass is 652 g/mol. The second-order valence-electron chi connectivity index (χ2n) is 12.3. The number of fused-ring (bicyclic) bond motifs is 3. The van der Waals surface area contributed by atoms with E-state index in [9.17, 15) is 14.4 Å².